The van der Waals surface area contributed by atoms with Gasteiger partial charge in [0.1, 0.15) is 0 Å². The molecule has 1 fully saturated rings. The van der Waals surface area contributed by atoms with Crippen LogP contribution in [0.15, 0.2) is 0 Å². The fourth-order valence-corrected chi connectivity index (χ4v) is 3.27. The van der Waals surface area contributed by atoms with Crippen molar-refractivity contribution in [3.63, 3.8) is 0 Å². The fraction of sp³-hybridized carbons (Fsp3) is 0.923. The SMILES string of the molecule is CCCCCCCC(=O)NCC1(O)CCSC1. The van der Waals surface area contributed by atoms with Crippen molar-refractivity contribution in [3.8, 4) is 0 Å². The van der Waals surface area contributed by atoms with Crippen LogP contribution in [0.4, 0.5) is 0 Å². The van der Waals surface area contributed by atoms with Crippen LogP contribution < -0.4 is 5.32 Å². The lowest BCUT2D eigenvalue weighted by Crippen LogP contribution is -2.42. The summed E-state index contributed by atoms with van der Waals surface area (Å²) in [6.07, 6.45) is 7.24. The van der Waals surface area contributed by atoms with E-state index in [2.05, 4.69) is 12.2 Å². The quantitative estimate of drug-likeness (QED) is 0.658. The summed E-state index contributed by atoms with van der Waals surface area (Å²) in [6, 6.07) is 0. The average molecular weight is 259 g/mol. The van der Waals surface area contributed by atoms with E-state index in [-0.39, 0.29) is 5.91 Å². The lowest BCUT2D eigenvalue weighted by atomic mass is 10.0. The molecule has 4 heteroatoms. The number of unbranched alkanes of at least 4 members (excludes halogenated alkanes) is 4. The Morgan fingerprint density at radius 3 is 2.76 bits per heavy atom. The largest absolute Gasteiger partial charge is 0.387 e. The highest BCUT2D eigenvalue weighted by Gasteiger charge is 2.31. The van der Waals surface area contributed by atoms with E-state index >= 15 is 0 Å². The van der Waals surface area contributed by atoms with Gasteiger partial charge >= 0.3 is 0 Å². The number of carbonyl (C=O) groups is 1. The van der Waals surface area contributed by atoms with Gasteiger partial charge in [-0.3, -0.25) is 4.79 Å². The molecule has 0 aromatic carbocycles. The van der Waals surface area contributed by atoms with E-state index < -0.39 is 5.60 Å². The first kappa shape index (κ1) is 14.8. The van der Waals surface area contributed by atoms with Gasteiger partial charge in [-0.15, -0.1) is 0 Å². The van der Waals surface area contributed by atoms with Gasteiger partial charge < -0.3 is 10.4 Å². The minimum Gasteiger partial charge on any atom is -0.387 e. The molecule has 3 nitrogen and oxygen atoms in total. The minimum absolute atomic E-state index is 0.0897. The molecule has 1 unspecified atom stereocenters. The summed E-state index contributed by atoms with van der Waals surface area (Å²) < 4.78 is 0. The normalized spacial score (nSPS) is 23.9. The maximum absolute atomic E-state index is 11.5. The summed E-state index contributed by atoms with van der Waals surface area (Å²) >= 11 is 1.76. The Kier molecular flexibility index (Phi) is 6.97. The zero-order valence-electron chi connectivity index (χ0n) is 10.8. The molecule has 17 heavy (non-hydrogen) atoms. The van der Waals surface area contributed by atoms with Gasteiger partial charge in [-0.05, 0) is 18.6 Å². The van der Waals surface area contributed by atoms with E-state index in [1.807, 2.05) is 0 Å². The molecule has 0 bridgehead atoms. The average Bonchev–Trinajstić information content (AvgIpc) is 2.74. The van der Waals surface area contributed by atoms with E-state index in [0.717, 1.165) is 30.8 Å². The van der Waals surface area contributed by atoms with Crippen LogP contribution in [0.2, 0.25) is 0 Å². The molecule has 1 saturated heterocycles. The second-order valence-electron chi connectivity index (χ2n) is 4.97. The molecular formula is C13H25NO2S. The second-order valence-corrected chi connectivity index (χ2v) is 6.07. The maximum atomic E-state index is 11.5. The number of hydrogen-bond acceptors (Lipinski definition) is 3. The van der Waals surface area contributed by atoms with Gasteiger partial charge in [-0.25, -0.2) is 0 Å². The van der Waals surface area contributed by atoms with Crippen molar-refractivity contribution in [2.75, 3.05) is 18.1 Å². The molecule has 0 aliphatic carbocycles. The Morgan fingerprint density at radius 1 is 1.35 bits per heavy atom. The first-order chi connectivity index (χ1) is 8.16. The van der Waals surface area contributed by atoms with Crippen LogP contribution in [0, 0.1) is 0 Å². The van der Waals surface area contributed by atoms with Crippen molar-refractivity contribution in [2.45, 2.75) is 57.5 Å². The maximum Gasteiger partial charge on any atom is 0.220 e. The van der Waals surface area contributed by atoms with Gasteiger partial charge in [-0.1, -0.05) is 32.6 Å². The second kappa shape index (κ2) is 7.98. The number of thioether (sulfide) groups is 1. The van der Waals surface area contributed by atoms with Crippen LogP contribution in [0.3, 0.4) is 0 Å². The molecule has 0 aromatic rings. The third kappa shape index (κ3) is 6.32. The highest BCUT2D eigenvalue weighted by atomic mass is 32.2. The van der Waals surface area contributed by atoms with Crippen molar-refractivity contribution >= 4 is 17.7 Å². The van der Waals surface area contributed by atoms with Gasteiger partial charge in [0.15, 0.2) is 0 Å². The first-order valence-electron chi connectivity index (χ1n) is 6.73. The Hall–Kier alpha value is -0.220. The van der Waals surface area contributed by atoms with Crippen molar-refractivity contribution in [1.29, 1.82) is 0 Å². The summed E-state index contributed by atoms with van der Waals surface area (Å²) in [5.41, 5.74) is -0.650. The highest BCUT2D eigenvalue weighted by molar-refractivity contribution is 7.99. The number of nitrogens with one attached hydrogen (secondary N) is 1. The van der Waals surface area contributed by atoms with E-state index in [9.17, 15) is 9.90 Å². The summed E-state index contributed by atoms with van der Waals surface area (Å²) in [7, 11) is 0. The smallest absolute Gasteiger partial charge is 0.220 e. The van der Waals surface area contributed by atoms with Gasteiger partial charge in [0.2, 0.25) is 5.91 Å². The van der Waals surface area contributed by atoms with E-state index in [1.54, 1.807) is 11.8 Å². The lowest BCUT2D eigenvalue weighted by Gasteiger charge is -2.21. The molecule has 0 saturated carbocycles. The van der Waals surface area contributed by atoms with E-state index in [1.165, 1.54) is 19.3 Å². The Labute approximate surface area is 109 Å². The van der Waals surface area contributed by atoms with Gasteiger partial charge in [0.05, 0.1) is 5.60 Å². The van der Waals surface area contributed by atoms with Gasteiger partial charge in [-0.2, -0.15) is 11.8 Å². The zero-order chi connectivity index (χ0) is 12.6. The Morgan fingerprint density at radius 2 is 2.12 bits per heavy atom. The van der Waals surface area contributed by atoms with Crippen molar-refractivity contribution < 1.29 is 9.90 Å². The van der Waals surface area contributed by atoms with Gasteiger partial charge in [0.25, 0.3) is 0 Å². The van der Waals surface area contributed by atoms with E-state index in [4.69, 9.17) is 0 Å². The number of hydrogen-bond donors (Lipinski definition) is 2. The van der Waals surface area contributed by atoms with Crippen LogP contribution in [-0.2, 0) is 4.79 Å². The number of rotatable bonds is 8. The van der Waals surface area contributed by atoms with Crippen molar-refractivity contribution in [2.24, 2.45) is 0 Å². The minimum atomic E-state index is -0.650. The number of carbonyl (C=O) groups excluding carboxylic acids is 1. The summed E-state index contributed by atoms with van der Waals surface area (Å²) in [5.74, 6) is 1.85. The molecule has 1 heterocycles. The molecule has 1 amide bonds. The zero-order valence-corrected chi connectivity index (χ0v) is 11.7. The molecular weight excluding hydrogens is 234 g/mol. The van der Waals surface area contributed by atoms with Crippen molar-refractivity contribution in [3.05, 3.63) is 0 Å². The standard InChI is InChI=1S/C13H25NO2S/c1-2-3-4-5-6-7-12(15)14-10-13(16)8-9-17-11-13/h16H,2-11H2,1H3,(H,14,15). The molecule has 100 valence electrons. The number of aliphatic hydroxyl groups is 1. The summed E-state index contributed by atoms with van der Waals surface area (Å²) in [5, 5.41) is 12.9. The molecule has 0 spiro atoms. The third-order valence-corrected chi connectivity index (χ3v) is 4.44. The number of amides is 1. The van der Waals surface area contributed by atoms with Gasteiger partial charge in [0, 0.05) is 18.7 Å². The topological polar surface area (TPSA) is 49.3 Å². The van der Waals surface area contributed by atoms with Crippen LogP contribution in [0.1, 0.15) is 51.9 Å². The third-order valence-electron chi connectivity index (χ3n) is 3.20. The summed E-state index contributed by atoms with van der Waals surface area (Å²) in [4.78, 5) is 11.5. The molecule has 0 aromatic heterocycles. The van der Waals surface area contributed by atoms with Crippen molar-refractivity contribution in [1.82, 2.24) is 5.32 Å². The molecule has 1 atom stereocenters. The predicted molar refractivity (Wildman–Crippen MR) is 73.3 cm³/mol. The van der Waals surface area contributed by atoms with Crippen LogP contribution >= 0.6 is 11.8 Å². The predicted octanol–water partition coefficient (Wildman–Crippen LogP) is 2.33. The molecule has 0 radical (unpaired) electrons. The Bertz CT molecular complexity index is 227. The lowest BCUT2D eigenvalue weighted by molar-refractivity contribution is -0.122. The van der Waals surface area contributed by atoms with E-state index in [0.29, 0.717) is 13.0 Å². The highest BCUT2D eigenvalue weighted by Crippen LogP contribution is 2.26. The Balaban J connectivity index is 2.01. The molecule has 2 N–H and O–H groups in total. The van der Waals surface area contributed by atoms with Crippen LogP contribution in [0.25, 0.3) is 0 Å². The first-order valence-corrected chi connectivity index (χ1v) is 7.88. The molecule has 1 aliphatic rings. The molecule has 1 rings (SSSR count). The monoisotopic (exact) mass is 259 g/mol. The summed E-state index contributed by atoms with van der Waals surface area (Å²) in [6.45, 7) is 2.61. The van der Waals surface area contributed by atoms with Crippen LogP contribution in [0.5, 0.6) is 0 Å². The fourth-order valence-electron chi connectivity index (χ4n) is 1.98. The molecule has 1 aliphatic heterocycles. The van der Waals surface area contributed by atoms with Crippen LogP contribution in [-0.4, -0.2) is 34.7 Å².